The molecule has 0 aromatic heterocycles. The Hall–Kier alpha value is -1.62. The topological polar surface area (TPSA) is 64.3 Å². The van der Waals surface area contributed by atoms with Crippen LogP contribution in [0.3, 0.4) is 0 Å². The third-order valence-corrected chi connectivity index (χ3v) is 3.10. The van der Waals surface area contributed by atoms with E-state index in [9.17, 15) is 4.79 Å². The van der Waals surface area contributed by atoms with Gasteiger partial charge in [0, 0.05) is 13.0 Å². The van der Waals surface area contributed by atoms with Crippen LogP contribution in [0.2, 0.25) is 0 Å². The largest absolute Gasteiger partial charge is 0.484 e. The highest BCUT2D eigenvalue weighted by Gasteiger charge is 2.21. The molecule has 1 aliphatic carbocycles. The van der Waals surface area contributed by atoms with Crippen molar-refractivity contribution in [2.45, 2.75) is 19.3 Å². The summed E-state index contributed by atoms with van der Waals surface area (Å²) in [6, 6.07) is 7.44. The molecule has 102 valence electrons. The SMILES string of the molecule is NC(=S)Cc1ccc(OCC(=O)NCC2CC2)cc1. The van der Waals surface area contributed by atoms with Gasteiger partial charge in [0.15, 0.2) is 6.61 Å². The van der Waals surface area contributed by atoms with Crippen LogP contribution >= 0.6 is 12.2 Å². The van der Waals surface area contributed by atoms with E-state index in [1.165, 1.54) is 12.8 Å². The molecule has 1 aliphatic rings. The molecule has 0 spiro atoms. The van der Waals surface area contributed by atoms with Crippen molar-refractivity contribution in [3.63, 3.8) is 0 Å². The van der Waals surface area contributed by atoms with E-state index in [2.05, 4.69) is 5.32 Å². The lowest BCUT2D eigenvalue weighted by Gasteiger charge is -2.07. The predicted molar refractivity (Wildman–Crippen MR) is 78.2 cm³/mol. The minimum Gasteiger partial charge on any atom is -0.484 e. The first-order chi connectivity index (χ1) is 9.13. The molecule has 0 aliphatic heterocycles. The van der Waals surface area contributed by atoms with Crippen molar-refractivity contribution in [1.29, 1.82) is 0 Å². The number of nitrogens with two attached hydrogens (primary N) is 1. The lowest BCUT2D eigenvalue weighted by atomic mass is 10.1. The summed E-state index contributed by atoms with van der Waals surface area (Å²) in [6.45, 7) is 0.830. The van der Waals surface area contributed by atoms with Gasteiger partial charge in [0.25, 0.3) is 5.91 Å². The molecule has 1 fully saturated rings. The second-order valence-corrected chi connectivity index (χ2v) is 5.35. The van der Waals surface area contributed by atoms with E-state index in [4.69, 9.17) is 22.7 Å². The molecule has 1 aromatic carbocycles. The van der Waals surface area contributed by atoms with Crippen LogP contribution in [0.15, 0.2) is 24.3 Å². The first-order valence-corrected chi connectivity index (χ1v) is 6.81. The summed E-state index contributed by atoms with van der Waals surface area (Å²) in [4.78, 5) is 12.0. The summed E-state index contributed by atoms with van der Waals surface area (Å²) < 4.78 is 5.40. The number of hydrogen-bond donors (Lipinski definition) is 2. The molecule has 0 saturated heterocycles. The Bertz CT molecular complexity index is 455. The summed E-state index contributed by atoms with van der Waals surface area (Å²) in [7, 11) is 0. The Kier molecular flexibility index (Phi) is 4.74. The molecule has 1 amide bonds. The Labute approximate surface area is 118 Å². The van der Waals surface area contributed by atoms with Crippen molar-refractivity contribution >= 4 is 23.1 Å². The van der Waals surface area contributed by atoms with E-state index in [1.807, 2.05) is 24.3 Å². The van der Waals surface area contributed by atoms with Crippen LogP contribution in [0.4, 0.5) is 0 Å². The number of rotatable bonds is 7. The molecule has 1 saturated carbocycles. The fraction of sp³-hybridized carbons (Fsp3) is 0.429. The zero-order valence-corrected chi connectivity index (χ0v) is 11.5. The van der Waals surface area contributed by atoms with Gasteiger partial charge in [0.1, 0.15) is 5.75 Å². The summed E-state index contributed by atoms with van der Waals surface area (Å²) in [5, 5.41) is 2.85. The Balaban J connectivity index is 1.72. The molecule has 3 N–H and O–H groups in total. The number of hydrogen-bond acceptors (Lipinski definition) is 3. The third-order valence-electron chi connectivity index (χ3n) is 2.96. The van der Waals surface area contributed by atoms with Crippen molar-refractivity contribution < 1.29 is 9.53 Å². The van der Waals surface area contributed by atoms with Crippen molar-refractivity contribution in [3.05, 3.63) is 29.8 Å². The van der Waals surface area contributed by atoms with Crippen molar-refractivity contribution in [1.82, 2.24) is 5.32 Å². The fourth-order valence-electron chi connectivity index (χ4n) is 1.68. The van der Waals surface area contributed by atoms with E-state index in [0.717, 1.165) is 12.1 Å². The fourth-order valence-corrected chi connectivity index (χ4v) is 1.85. The van der Waals surface area contributed by atoms with Gasteiger partial charge in [-0.05, 0) is 36.5 Å². The van der Waals surface area contributed by atoms with Gasteiger partial charge in [0.2, 0.25) is 0 Å². The Morgan fingerprint density at radius 3 is 2.63 bits per heavy atom. The molecule has 2 rings (SSSR count). The van der Waals surface area contributed by atoms with Gasteiger partial charge < -0.3 is 15.8 Å². The number of nitrogens with one attached hydrogen (secondary N) is 1. The van der Waals surface area contributed by atoms with Gasteiger partial charge in [-0.2, -0.15) is 0 Å². The second-order valence-electron chi connectivity index (χ2n) is 4.82. The first kappa shape index (κ1) is 13.8. The molecule has 19 heavy (non-hydrogen) atoms. The van der Waals surface area contributed by atoms with Crippen molar-refractivity contribution in [3.8, 4) is 5.75 Å². The quantitative estimate of drug-likeness (QED) is 0.740. The molecule has 4 nitrogen and oxygen atoms in total. The molecular formula is C14H18N2O2S. The maximum atomic E-state index is 11.5. The Morgan fingerprint density at radius 1 is 1.37 bits per heavy atom. The minimum absolute atomic E-state index is 0.0569. The lowest BCUT2D eigenvalue weighted by molar-refractivity contribution is -0.123. The molecule has 1 aromatic rings. The number of ether oxygens (including phenoxy) is 1. The third kappa shape index (κ3) is 5.26. The van der Waals surface area contributed by atoms with Crippen LogP contribution in [-0.4, -0.2) is 24.0 Å². The Morgan fingerprint density at radius 2 is 2.05 bits per heavy atom. The normalized spacial score (nSPS) is 13.9. The number of amides is 1. The van der Waals surface area contributed by atoms with Crippen LogP contribution < -0.4 is 15.8 Å². The maximum Gasteiger partial charge on any atom is 0.257 e. The average Bonchev–Trinajstić information content (AvgIpc) is 3.19. The average molecular weight is 278 g/mol. The number of thiocarbonyl (C=S) groups is 1. The zero-order chi connectivity index (χ0) is 13.7. The summed E-state index contributed by atoms with van der Waals surface area (Å²) in [5.41, 5.74) is 6.51. The minimum atomic E-state index is -0.0703. The first-order valence-electron chi connectivity index (χ1n) is 6.40. The van der Waals surface area contributed by atoms with Gasteiger partial charge in [-0.3, -0.25) is 4.79 Å². The highest BCUT2D eigenvalue weighted by molar-refractivity contribution is 7.80. The summed E-state index contributed by atoms with van der Waals surface area (Å²) >= 11 is 4.84. The monoisotopic (exact) mass is 278 g/mol. The van der Waals surface area contributed by atoms with Gasteiger partial charge in [-0.1, -0.05) is 24.4 Å². The number of carbonyl (C=O) groups excluding carboxylic acids is 1. The number of benzene rings is 1. The maximum absolute atomic E-state index is 11.5. The summed E-state index contributed by atoms with van der Waals surface area (Å²) in [6.07, 6.45) is 3.04. The zero-order valence-electron chi connectivity index (χ0n) is 10.7. The van der Waals surface area contributed by atoms with Crippen LogP contribution in [0.5, 0.6) is 5.75 Å². The molecule has 0 atom stereocenters. The van der Waals surface area contributed by atoms with E-state index in [-0.39, 0.29) is 12.5 Å². The molecule has 0 unspecified atom stereocenters. The molecule has 0 radical (unpaired) electrons. The second kappa shape index (κ2) is 6.52. The molecule has 0 heterocycles. The van der Waals surface area contributed by atoms with E-state index in [1.54, 1.807) is 0 Å². The van der Waals surface area contributed by atoms with Crippen LogP contribution in [0.1, 0.15) is 18.4 Å². The van der Waals surface area contributed by atoms with Crippen molar-refractivity contribution in [2.75, 3.05) is 13.2 Å². The van der Waals surface area contributed by atoms with E-state index in [0.29, 0.717) is 23.1 Å². The van der Waals surface area contributed by atoms with Gasteiger partial charge in [-0.15, -0.1) is 0 Å². The smallest absolute Gasteiger partial charge is 0.257 e. The molecule has 5 heteroatoms. The van der Waals surface area contributed by atoms with Gasteiger partial charge >= 0.3 is 0 Å². The van der Waals surface area contributed by atoms with Crippen molar-refractivity contribution in [2.24, 2.45) is 11.7 Å². The van der Waals surface area contributed by atoms with Crippen LogP contribution in [-0.2, 0) is 11.2 Å². The number of carbonyl (C=O) groups is 1. The van der Waals surface area contributed by atoms with Gasteiger partial charge in [-0.25, -0.2) is 0 Å². The van der Waals surface area contributed by atoms with E-state index < -0.39 is 0 Å². The lowest BCUT2D eigenvalue weighted by Crippen LogP contribution is -2.30. The molecular weight excluding hydrogens is 260 g/mol. The summed E-state index contributed by atoms with van der Waals surface area (Å²) in [5.74, 6) is 1.29. The van der Waals surface area contributed by atoms with Gasteiger partial charge in [0.05, 0.1) is 4.99 Å². The van der Waals surface area contributed by atoms with Crippen LogP contribution in [0.25, 0.3) is 0 Å². The highest BCUT2D eigenvalue weighted by atomic mass is 32.1. The highest BCUT2D eigenvalue weighted by Crippen LogP contribution is 2.27. The van der Waals surface area contributed by atoms with Crippen LogP contribution in [0, 0.1) is 5.92 Å². The molecule has 0 bridgehead atoms. The van der Waals surface area contributed by atoms with E-state index >= 15 is 0 Å². The standard InChI is InChI=1S/C14H18N2O2S/c15-13(19)7-10-3-5-12(6-4-10)18-9-14(17)16-8-11-1-2-11/h3-6,11H,1-2,7-9H2,(H2,15,19)(H,16,17). The predicted octanol–water partition coefficient (Wildman–Crippen LogP) is 1.42.